The fraction of sp³-hybridized carbons (Fsp3) is 0.440. The van der Waals surface area contributed by atoms with Gasteiger partial charge >= 0.3 is 0 Å². The summed E-state index contributed by atoms with van der Waals surface area (Å²) in [6, 6.07) is 0.445. The highest BCUT2D eigenvalue weighted by molar-refractivity contribution is 5.85. The van der Waals surface area contributed by atoms with Crippen molar-refractivity contribution in [3.8, 4) is 22.4 Å². The molecule has 208 valence electrons. The summed E-state index contributed by atoms with van der Waals surface area (Å²) in [5.41, 5.74) is 4.71. The number of ether oxygens (including phenoxy) is 1. The molecular weight excluding hydrogens is 534 g/mol. The van der Waals surface area contributed by atoms with Crippen molar-refractivity contribution in [2.24, 2.45) is 7.05 Å². The minimum Gasteiger partial charge on any atom is -0.373 e. The van der Waals surface area contributed by atoms with Gasteiger partial charge in [-0.2, -0.15) is 10.2 Å². The normalized spacial score (nSPS) is 18.2. The Morgan fingerprint density at radius 3 is 2.58 bits per heavy atom. The maximum Gasteiger partial charge on any atom is 0.225 e. The van der Waals surface area contributed by atoms with E-state index in [9.17, 15) is 0 Å². The van der Waals surface area contributed by atoms with E-state index in [1.54, 1.807) is 21.8 Å². The molecule has 0 unspecified atom stereocenters. The highest BCUT2D eigenvalue weighted by atomic mass is 35.5. The fourth-order valence-corrected chi connectivity index (χ4v) is 5.17. The summed E-state index contributed by atoms with van der Waals surface area (Å²) in [5.74, 6) is 0.680. The first-order valence-corrected chi connectivity index (χ1v) is 13.2. The topological polar surface area (TPSA) is 142 Å². The molecule has 0 saturated carbocycles. The Balaban J connectivity index is 0.00000289. The number of fused-ring (bicyclic) bond motifs is 1. The van der Waals surface area contributed by atoms with Gasteiger partial charge in [-0.3, -0.25) is 9.36 Å². The predicted octanol–water partition coefficient (Wildman–Crippen LogP) is 1.53. The van der Waals surface area contributed by atoms with E-state index in [-0.39, 0.29) is 18.5 Å². The largest absolute Gasteiger partial charge is 0.373 e. The number of anilines is 1. The Hall–Kier alpha value is -4.01. The maximum atomic E-state index is 6.06. The molecule has 0 amide bonds. The molecule has 14 nitrogen and oxygen atoms in total. The number of hydrogen-bond donors (Lipinski definition) is 1. The van der Waals surface area contributed by atoms with Crippen LogP contribution < -0.4 is 10.2 Å². The zero-order valence-corrected chi connectivity index (χ0v) is 22.9. The second kappa shape index (κ2) is 11.2. The number of nitrogens with one attached hydrogen (secondary N) is 1. The van der Waals surface area contributed by atoms with Crippen LogP contribution >= 0.6 is 12.4 Å². The van der Waals surface area contributed by atoms with Crippen LogP contribution in [0.1, 0.15) is 18.9 Å². The van der Waals surface area contributed by atoms with Gasteiger partial charge in [-0.1, -0.05) is 5.21 Å². The van der Waals surface area contributed by atoms with Crippen LogP contribution in [0, 0.1) is 0 Å². The molecule has 5 aromatic heterocycles. The second-order valence-corrected chi connectivity index (χ2v) is 9.98. The van der Waals surface area contributed by atoms with E-state index in [1.807, 2.05) is 31.8 Å². The molecule has 7 rings (SSSR count). The highest BCUT2D eigenvalue weighted by Crippen LogP contribution is 2.24. The predicted molar refractivity (Wildman–Crippen MR) is 149 cm³/mol. The molecule has 5 aromatic rings. The molecule has 0 radical (unpaired) electrons. The van der Waals surface area contributed by atoms with Gasteiger partial charge in [0, 0.05) is 61.6 Å². The molecule has 2 saturated heterocycles. The fourth-order valence-electron chi connectivity index (χ4n) is 5.17. The Morgan fingerprint density at radius 2 is 1.77 bits per heavy atom. The number of rotatable bonds is 6. The van der Waals surface area contributed by atoms with Crippen molar-refractivity contribution in [3.05, 3.63) is 43.4 Å². The second-order valence-electron chi connectivity index (χ2n) is 9.98. The van der Waals surface area contributed by atoms with Crippen LogP contribution in [0.15, 0.2) is 43.4 Å². The Kier molecular flexibility index (Phi) is 7.36. The van der Waals surface area contributed by atoms with Gasteiger partial charge in [-0.15, -0.1) is 17.5 Å². The molecule has 0 aromatic carbocycles. The average Bonchev–Trinajstić information content (AvgIpc) is 3.74. The van der Waals surface area contributed by atoms with E-state index >= 15 is 0 Å². The van der Waals surface area contributed by atoms with E-state index in [0.29, 0.717) is 49.5 Å². The molecule has 1 N–H and O–H groups in total. The number of hydrogen-bond acceptors (Lipinski definition) is 11. The lowest BCUT2D eigenvalue weighted by Gasteiger charge is -2.32. The van der Waals surface area contributed by atoms with Crippen LogP contribution in [0.2, 0.25) is 0 Å². The van der Waals surface area contributed by atoms with Gasteiger partial charge in [0.2, 0.25) is 11.6 Å². The maximum absolute atomic E-state index is 6.06. The van der Waals surface area contributed by atoms with Crippen molar-refractivity contribution in [2.75, 3.05) is 37.7 Å². The number of aryl methyl sites for hydroxylation is 1. The molecule has 15 heteroatoms. The first-order valence-electron chi connectivity index (χ1n) is 13.2. The SMILES string of the molecule is Cl.Cn1cc(-c2cnc3nnn(C[C@@H]4CN(c5ncc(-c6cnn(C7CCNCC7)c6)cn5)CCO4)c3n2)cn1. The minimum absolute atomic E-state index is 0. The van der Waals surface area contributed by atoms with Crippen LogP contribution in [0.5, 0.6) is 0 Å². The zero-order chi connectivity index (χ0) is 26.2. The van der Waals surface area contributed by atoms with Crippen molar-refractivity contribution in [1.82, 2.24) is 59.8 Å². The molecule has 7 heterocycles. The van der Waals surface area contributed by atoms with Crippen LogP contribution in [-0.4, -0.2) is 93.4 Å². The minimum atomic E-state index is -0.126. The first kappa shape index (κ1) is 26.2. The van der Waals surface area contributed by atoms with E-state index < -0.39 is 0 Å². The molecule has 0 aliphatic carbocycles. The summed E-state index contributed by atoms with van der Waals surface area (Å²) >= 11 is 0. The summed E-state index contributed by atoms with van der Waals surface area (Å²) in [6.07, 6.45) is 15.2. The highest BCUT2D eigenvalue weighted by Gasteiger charge is 2.25. The number of piperidine rings is 1. The summed E-state index contributed by atoms with van der Waals surface area (Å²) in [6.45, 7) is 4.47. The first-order chi connectivity index (χ1) is 19.2. The Morgan fingerprint density at radius 1 is 0.950 bits per heavy atom. The molecule has 0 spiro atoms. The van der Waals surface area contributed by atoms with Gasteiger partial charge in [-0.25, -0.2) is 24.6 Å². The lowest BCUT2D eigenvalue weighted by atomic mass is 10.1. The molecule has 40 heavy (non-hydrogen) atoms. The van der Waals surface area contributed by atoms with Crippen molar-refractivity contribution >= 4 is 29.6 Å². The quantitative estimate of drug-likeness (QED) is 0.321. The third-order valence-corrected chi connectivity index (χ3v) is 7.28. The van der Waals surface area contributed by atoms with Crippen molar-refractivity contribution in [1.29, 1.82) is 0 Å². The van der Waals surface area contributed by atoms with Gasteiger partial charge in [0.15, 0.2) is 5.65 Å². The van der Waals surface area contributed by atoms with Gasteiger partial charge in [0.25, 0.3) is 0 Å². The van der Waals surface area contributed by atoms with E-state index in [1.165, 1.54) is 0 Å². The van der Waals surface area contributed by atoms with E-state index in [4.69, 9.17) is 9.72 Å². The van der Waals surface area contributed by atoms with Crippen molar-refractivity contribution in [2.45, 2.75) is 31.5 Å². The van der Waals surface area contributed by atoms with Gasteiger partial charge < -0.3 is 15.0 Å². The lowest BCUT2D eigenvalue weighted by molar-refractivity contribution is 0.0273. The van der Waals surface area contributed by atoms with E-state index in [0.717, 1.165) is 48.3 Å². The number of aromatic nitrogens is 11. The van der Waals surface area contributed by atoms with Gasteiger partial charge in [-0.05, 0) is 25.9 Å². The lowest BCUT2D eigenvalue weighted by Crippen LogP contribution is -2.45. The number of nitrogens with zero attached hydrogens (tertiary/aromatic N) is 12. The van der Waals surface area contributed by atoms with Crippen molar-refractivity contribution < 1.29 is 4.74 Å². The third-order valence-electron chi connectivity index (χ3n) is 7.28. The number of morpholine rings is 1. The Bertz CT molecular complexity index is 1570. The van der Waals surface area contributed by atoms with Crippen LogP contribution in [-0.2, 0) is 18.3 Å². The third kappa shape index (κ3) is 5.24. The molecule has 2 fully saturated rings. The van der Waals surface area contributed by atoms with E-state index in [2.05, 4.69) is 56.6 Å². The van der Waals surface area contributed by atoms with Crippen LogP contribution in [0.25, 0.3) is 33.7 Å². The molecule has 0 bridgehead atoms. The molecule has 1 atom stereocenters. The van der Waals surface area contributed by atoms with Crippen LogP contribution in [0.3, 0.4) is 0 Å². The van der Waals surface area contributed by atoms with Gasteiger partial charge in [0.1, 0.15) is 0 Å². The summed E-state index contributed by atoms with van der Waals surface area (Å²) < 4.78 is 11.6. The summed E-state index contributed by atoms with van der Waals surface area (Å²) in [4.78, 5) is 20.7. The monoisotopic (exact) mass is 563 g/mol. The molecular formula is C25H30ClN13O. The molecule has 2 aliphatic heterocycles. The Labute approximate surface area is 236 Å². The van der Waals surface area contributed by atoms with Crippen LogP contribution in [0.4, 0.5) is 5.95 Å². The average molecular weight is 564 g/mol. The summed E-state index contributed by atoms with van der Waals surface area (Å²) in [7, 11) is 1.87. The smallest absolute Gasteiger partial charge is 0.225 e. The molecule has 2 aliphatic rings. The van der Waals surface area contributed by atoms with Crippen molar-refractivity contribution in [3.63, 3.8) is 0 Å². The summed E-state index contributed by atoms with van der Waals surface area (Å²) in [5, 5.41) is 20.7. The number of halogens is 1. The van der Waals surface area contributed by atoms with Gasteiger partial charge in [0.05, 0.1) is 49.6 Å². The standard InChI is InChI=1S/C25H29N13O.ClH/c1-35-13-19(11-30-35)22-12-27-23-24(32-22)38(34-33-23)16-21-15-36(6-7-39-21)25-28-8-17(9-29-25)18-10-31-37(14-18)20-2-4-26-5-3-20;/h8-14,20-21,26H,2-7,15-16H2,1H3;1H/t21-;/m0./s1. The zero-order valence-electron chi connectivity index (χ0n) is 22.0.